The maximum atomic E-state index is 14.0. The molecule has 1 heterocycles. The molecule has 0 atom stereocenters. The van der Waals surface area contributed by atoms with Gasteiger partial charge in [-0.3, -0.25) is 0 Å². The first-order valence-corrected chi connectivity index (χ1v) is 11.7. The molecule has 3 aromatic carbocycles. The number of rotatable bonds is 7. The van der Waals surface area contributed by atoms with Crippen molar-refractivity contribution in [1.29, 1.82) is 0 Å². The number of halogens is 7. The van der Waals surface area contributed by atoms with E-state index in [1.54, 1.807) is 50.2 Å². The molecule has 0 N–H and O–H groups in total. The Labute approximate surface area is 219 Å². The Balaban J connectivity index is 1.72. The quantitative estimate of drug-likeness (QED) is 0.215. The van der Waals surface area contributed by atoms with E-state index in [1.165, 1.54) is 18.2 Å². The second kappa shape index (κ2) is 10.6. The normalized spacial score (nSPS) is 12.2. The van der Waals surface area contributed by atoms with Gasteiger partial charge in [0.1, 0.15) is 18.1 Å². The molecule has 4 nitrogen and oxygen atoms in total. The van der Waals surface area contributed by atoms with Gasteiger partial charge >= 0.3 is 12.4 Å². The van der Waals surface area contributed by atoms with E-state index in [0.29, 0.717) is 17.4 Å². The number of alkyl halides is 6. The van der Waals surface area contributed by atoms with Crippen molar-refractivity contribution in [3.63, 3.8) is 0 Å². The van der Waals surface area contributed by atoms with Gasteiger partial charge < -0.3 is 9.47 Å². The fourth-order valence-corrected chi connectivity index (χ4v) is 3.97. The molecule has 0 aliphatic heterocycles. The second-order valence-corrected chi connectivity index (χ2v) is 8.95. The van der Waals surface area contributed by atoms with Crippen LogP contribution in [-0.4, -0.2) is 15.9 Å². The molecule has 200 valence electrons. The van der Waals surface area contributed by atoms with Crippen LogP contribution in [0.5, 0.6) is 11.5 Å². The lowest BCUT2D eigenvalue weighted by Crippen LogP contribution is -2.11. The van der Waals surface area contributed by atoms with E-state index in [1.807, 2.05) is 0 Å². The van der Waals surface area contributed by atoms with E-state index in [0.717, 1.165) is 16.8 Å². The molecule has 11 heteroatoms. The highest BCUT2D eigenvalue weighted by molar-refractivity contribution is 6.32. The Morgan fingerprint density at radius 2 is 1.53 bits per heavy atom. The molecule has 0 aliphatic carbocycles. The molecule has 4 aromatic rings. The minimum Gasteiger partial charge on any atom is -0.490 e. The predicted octanol–water partition coefficient (Wildman–Crippen LogP) is 8.60. The monoisotopic (exact) mass is 554 g/mol. The van der Waals surface area contributed by atoms with Crippen LogP contribution in [0.1, 0.15) is 30.8 Å². The third kappa shape index (κ3) is 6.07. The maximum Gasteiger partial charge on any atom is 0.435 e. The van der Waals surface area contributed by atoms with Crippen molar-refractivity contribution in [3.05, 3.63) is 94.8 Å². The molecule has 0 aliphatic rings. The zero-order chi connectivity index (χ0) is 27.7. The number of hydrogen-bond donors (Lipinski definition) is 0. The fourth-order valence-electron chi connectivity index (χ4n) is 3.75. The zero-order valence-electron chi connectivity index (χ0n) is 20.1. The van der Waals surface area contributed by atoms with E-state index >= 15 is 0 Å². The molecule has 0 spiro atoms. The molecule has 0 saturated heterocycles. The summed E-state index contributed by atoms with van der Waals surface area (Å²) in [6.07, 6.45) is -9.80. The highest BCUT2D eigenvalue weighted by Gasteiger charge is 2.37. The van der Waals surface area contributed by atoms with Crippen LogP contribution in [0.3, 0.4) is 0 Å². The lowest BCUT2D eigenvalue weighted by atomic mass is 10.0. The van der Waals surface area contributed by atoms with Crippen LogP contribution in [0.4, 0.5) is 26.3 Å². The topological polar surface area (TPSA) is 36.3 Å². The summed E-state index contributed by atoms with van der Waals surface area (Å²) < 4.78 is 94.4. The number of para-hydroxylation sites is 2. The average molecular weight is 555 g/mol. The summed E-state index contributed by atoms with van der Waals surface area (Å²) in [6, 6.07) is 16.9. The van der Waals surface area contributed by atoms with Gasteiger partial charge in [0.2, 0.25) is 0 Å². The molecule has 0 radical (unpaired) electrons. The highest BCUT2D eigenvalue weighted by Crippen LogP contribution is 2.41. The molecule has 1 aromatic heterocycles. The number of ether oxygens (including phenoxy) is 2. The smallest absolute Gasteiger partial charge is 0.435 e. The molecular formula is C27H21ClF6N2O2. The van der Waals surface area contributed by atoms with Gasteiger partial charge in [-0.1, -0.05) is 48.0 Å². The third-order valence-corrected chi connectivity index (χ3v) is 5.70. The number of nitrogens with zero attached hydrogens (tertiary/aromatic N) is 2. The first-order chi connectivity index (χ1) is 17.8. The lowest BCUT2D eigenvalue weighted by Gasteiger charge is -2.18. The molecule has 0 unspecified atom stereocenters. The van der Waals surface area contributed by atoms with Crippen LogP contribution in [0.25, 0.3) is 16.8 Å². The van der Waals surface area contributed by atoms with Gasteiger partial charge in [0.05, 0.1) is 28.1 Å². The van der Waals surface area contributed by atoms with E-state index in [2.05, 4.69) is 5.10 Å². The predicted molar refractivity (Wildman–Crippen MR) is 131 cm³/mol. The maximum absolute atomic E-state index is 14.0. The van der Waals surface area contributed by atoms with Crippen LogP contribution >= 0.6 is 11.6 Å². The molecule has 0 fully saturated rings. The SMILES string of the molecule is CC(C)Oc1ccccc1-c1ccc(OCc2cc(C(F)(F)F)nn2-c2ccccc2Cl)c(C(F)(F)F)c1. The average Bonchev–Trinajstić information content (AvgIpc) is 3.27. The Bertz CT molecular complexity index is 1430. The Hall–Kier alpha value is -3.66. The van der Waals surface area contributed by atoms with E-state index in [9.17, 15) is 26.3 Å². The van der Waals surface area contributed by atoms with Crippen LogP contribution in [-0.2, 0) is 19.0 Å². The van der Waals surface area contributed by atoms with E-state index < -0.39 is 36.0 Å². The van der Waals surface area contributed by atoms with Crippen LogP contribution < -0.4 is 9.47 Å². The zero-order valence-corrected chi connectivity index (χ0v) is 20.8. The van der Waals surface area contributed by atoms with Crippen molar-refractivity contribution in [2.24, 2.45) is 0 Å². The van der Waals surface area contributed by atoms with Gasteiger partial charge in [-0.15, -0.1) is 0 Å². The Morgan fingerprint density at radius 3 is 2.18 bits per heavy atom. The summed E-state index contributed by atoms with van der Waals surface area (Å²) >= 11 is 6.13. The highest BCUT2D eigenvalue weighted by atomic mass is 35.5. The molecule has 0 bridgehead atoms. The molecule has 4 rings (SSSR count). The van der Waals surface area contributed by atoms with E-state index in [-0.39, 0.29) is 28.1 Å². The van der Waals surface area contributed by atoms with Crippen molar-refractivity contribution < 1.29 is 35.8 Å². The Kier molecular flexibility index (Phi) is 7.64. The third-order valence-electron chi connectivity index (χ3n) is 5.38. The van der Waals surface area contributed by atoms with E-state index in [4.69, 9.17) is 21.1 Å². The van der Waals surface area contributed by atoms with Crippen molar-refractivity contribution in [3.8, 4) is 28.3 Å². The summed E-state index contributed by atoms with van der Waals surface area (Å²) in [5, 5.41) is 3.68. The summed E-state index contributed by atoms with van der Waals surface area (Å²) in [7, 11) is 0. The fraction of sp³-hybridized carbons (Fsp3) is 0.222. The number of benzene rings is 3. The first-order valence-electron chi connectivity index (χ1n) is 11.4. The van der Waals surface area contributed by atoms with Gasteiger partial charge in [0, 0.05) is 5.56 Å². The summed E-state index contributed by atoms with van der Waals surface area (Å²) in [5.74, 6) is -0.142. The number of hydrogen-bond acceptors (Lipinski definition) is 3. The standard InChI is InChI=1S/C27H21ClF6N2O2/c1-16(2)38-23-10-6-3-7-19(23)17-11-12-24(20(13-17)26(29,30)31)37-15-18-14-25(27(32,33)34)35-36(18)22-9-5-4-8-21(22)28/h3-14,16H,15H2,1-2H3. The van der Waals surface area contributed by atoms with Gasteiger partial charge in [0.15, 0.2) is 5.69 Å². The largest absolute Gasteiger partial charge is 0.490 e. The lowest BCUT2D eigenvalue weighted by molar-refractivity contribution is -0.141. The first kappa shape index (κ1) is 27.4. The van der Waals surface area contributed by atoms with Crippen molar-refractivity contribution in [2.45, 2.75) is 38.9 Å². The van der Waals surface area contributed by atoms with Gasteiger partial charge in [-0.25, -0.2) is 4.68 Å². The molecule has 0 amide bonds. The van der Waals surface area contributed by atoms with Crippen LogP contribution in [0.15, 0.2) is 72.8 Å². The number of aromatic nitrogens is 2. The molecule has 0 saturated carbocycles. The molecule has 38 heavy (non-hydrogen) atoms. The van der Waals surface area contributed by atoms with Crippen molar-refractivity contribution >= 4 is 11.6 Å². The second-order valence-electron chi connectivity index (χ2n) is 8.54. The molecular weight excluding hydrogens is 534 g/mol. The van der Waals surface area contributed by atoms with Gasteiger partial charge in [-0.05, 0) is 55.8 Å². The van der Waals surface area contributed by atoms with Crippen molar-refractivity contribution in [2.75, 3.05) is 0 Å². The van der Waals surface area contributed by atoms with Gasteiger partial charge in [-0.2, -0.15) is 31.4 Å². The minimum absolute atomic E-state index is 0.105. The Morgan fingerprint density at radius 1 is 0.842 bits per heavy atom. The minimum atomic E-state index is -4.81. The summed E-state index contributed by atoms with van der Waals surface area (Å²) in [5.41, 5.74) is -1.65. The van der Waals surface area contributed by atoms with Crippen molar-refractivity contribution in [1.82, 2.24) is 9.78 Å². The van der Waals surface area contributed by atoms with Crippen LogP contribution in [0, 0.1) is 0 Å². The summed E-state index contributed by atoms with van der Waals surface area (Å²) in [4.78, 5) is 0. The van der Waals surface area contributed by atoms with Crippen LogP contribution in [0.2, 0.25) is 5.02 Å². The van der Waals surface area contributed by atoms with Gasteiger partial charge in [0.25, 0.3) is 0 Å². The summed E-state index contributed by atoms with van der Waals surface area (Å²) in [6.45, 7) is 2.96.